The van der Waals surface area contributed by atoms with Crippen LogP contribution < -0.4 is 14.8 Å². The fourth-order valence-corrected chi connectivity index (χ4v) is 6.41. The molecule has 10 heteroatoms. The summed E-state index contributed by atoms with van der Waals surface area (Å²) in [6.07, 6.45) is 0. The lowest BCUT2D eigenvalue weighted by Crippen LogP contribution is -2.36. The zero-order chi connectivity index (χ0) is 25.3. The third-order valence-corrected chi connectivity index (χ3v) is 8.72. The standard InChI is InChI=1S/C26H25N3O5S2/c1-17(2)29(16-18-6-4-3-5-7-18)36(31,32)20-10-8-19(9-11-20)25(30)28-26-27-21-14-22-23(15-24(21)35-26)34-13-12-33-22/h3-11,14-15,17H,12-13,16H2,1-2H3,(H,27,28,30). The molecule has 0 saturated carbocycles. The summed E-state index contributed by atoms with van der Waals surface area (Å²) >= 11 is 1.33. The molecular formula is C26H25N3O5S2. The summed E-state index contributed by atoms with van der Waals surface area (Å²) in [6, 6.07) is 18.8. The number of nitrogens with zero attached hydrogens (tertiary/aromatic N) is 2. The summed E-state index contributed by atoms with van der Waals surface area (Å²) in [7, 11) is -3.76. The van der Waals surface area contributed by atoms with E-state index in [9.17, 15) is 13.2 Å². The maximum Gasteiger partial charge on any atom is 0.257 e. The van der Waals surface area contributed by atoms with Crippen molar-refractivity contribution in [2.75, 3.05) is 18.5 Å². The van der Waals surface area contributed by atoms with Crippen molar-refractivity contribution < 1.29 is 22.7 Å². The number of nitrogens with one attached hydrogen (secondary N) is 1. The van der Waals surface area contributed by atoms with Crippen molar-refractivity contribution in [1.29, 1.82) is 0 Å². The number of amides is 1. The Morgan fingerprint density at radius 2 is 1.69 bits per heavy atom. The van der Waals surface area contributed by atoms with E-state index >= 15 is 0 Å². The van der Waals surface area contributed by atoms with E-state index in [1.807, 2.05) is 50.2 Å². The fraction of sp³-hybridized carbons (Fsp3) is 0.231. The number of ether oxygens (including phenoxy) is 2. The highest BCUT2D eigenvalue weighted by Gasteiger charge is 2.27. The van der Waals surface area contributed by atoms with Gasteiger partial charge in [-0.1, -0.05) is 41.7 Å². The highest BCUT2D eigenvalue weighted by Crippen LogP contribution is 2.38. The van der Waals surface area contributed by atoms with E-state index in [-0.39, 0.29) is 23.4 Å². The van der Waals surface area contributed by atoms with Gasteiger partial charge in [-0.3, -0.25) is 10.1 Å². The molecule has 3 aromatic carbocycles. The van der Waals surface area contributed by atoms with Gasteiger partial charge in [0.15, 0.2) is 16.6 Å². The third-order valence-electron chi connectivity index (χ3n) is 5.75. The SMILES string of the molecule is CC(C)N(Cc1ccccc1)S(=O)(=O)c1ccc(C(=O)Nc2nc3cc4c(cc3s2)OCCO4)cc1. The molecule has 1 aliphatic heterocycles. The molecule has 1 aliphatic rings. The Morgan fingerprint density at radius 3 is 2.36 bits per heavy atom. The normalized spacial score (nSPS) is 13.3. The molecule has 2 heterocycles. The van der Waals surface area contributed by atoms with Gasteiger partial charge in [0.2, 0.25) is 10.0 Å². The average Bonchev–Trinajstić information content (AvgIpc) is 3.27. The second kappa shape index (κ2) is 9.88. The molecule has 5 rings (SSSR count). The van der Waals surface area contributed by atoms with Gasteiger partial charge in [-0.05, 0) is 43.7 Å². The van der Waals surface area contributed by atoms with E-state index in [1.54, 1.807) is 6.07 Å². The Labute approximate surface area is 213 Å². The molecular weight excluding hydrogens is 498 g/mol. The number of fused-ring (bicyclic) bond motifs is 2. The van der Waals surface area contributed by atoms with E-state index in [4.69, 9.17) is 9.47 Å². The maximum atomic E-state index is 13.4. The van der Waals surface area contributed by atoms with Crippen molar-refractivity contribution in [1.82, 2.24) is 9.29 Å². The van der Waals surface area contributed by atoms with Gasteiger partial charge < -0.3 is 9.47 Å². The van der Waals surface area contributed by atoms with E-state index in [2.05, 4.69) is 10.3 Å². The Morgan fingerprint density at radius 1 is 1.03 bits per heavy atom. The summed E-state index contributed by atoms with van der Waals surface area (Å²) in [5.74, 6) is 0.923. The van der Waals surface area contributed by atoms with Crippen LogP contribution in [0.15, 0.2) is 71.6 Å². The molecule has 36 heavy (non-hydrogen) atoms. The third kappa shape index (κ3) is 4.92. The number of rotatable bonds is 7. The van der Waals surface area contributed by atoms with Crippen molar-refractivity contribution in [2.24, 2.45) is 0 Å². The van der Waals surface area contributed by atoms with E-state index in [0.717, 1.165) is 10.3 Å². The molecule has 0 fully saturated rings. The Bertz CT molecular complexity index is 1460. The zero-order valence-electron chi connectivity index (χ0n) is 19.8. The van der Waals surface area contributed by atoms with Crippen molar-refractivity contribution in [2.45, 2.75) is 31.3 Å². The molecule has 4 aromatic rings. The molecule has 0 unspecified atom stereocenters. The number of carbonyl (C=O) groups excluding carboxylic acids is 1. The molecule has 0 aliphatic carbocycles. The molecule has 0 spiro atoms. The highest BCUT2D eigenvalue weighted by atomic mass is 32.2. The first-order valence-electron chi connectivity index (χ1n) is 11.5. The first-order chi connectivity index (χ1) is 17.3. The van der Waals surface area contributed by atoms with Gasteiger partial charge in [0.05, 0.1) is 15.1 Å². The van der Waals surface area contributed by atoms with E-state index in [1.165, 1.54) is 39.9 Å². The summed E-state index contributed by atoms with van der Waals surface area (Å²) in [6.45, 7) is 4.93. The number of thiazole rings is 1. The van der Waals surface area contributed by atoms with Crippen molar-refractivity contribution in [3.05, 3.63) is 77.9 Å². The highest BCUT2D eigenvalue weighted by molar-refractivity contribution is 7.89. The van der Waals surface area contributed by atoms with Gasteiger partial charge in [-0.2, -0.15) is 4.31 Å². The van der Waals surface area contributed by atoms with Crippen LogP contribution in [0.25, 0.3) is 10.2 Å². The summed E-state index contributed by atoms with van der Waals surface area (Å²) in [5, 5.41) is 3.23. The molecule has 1 N–H and O–H groups in total. The van der Waals surface area contributed by atoms with Crippen LogP contribution in [0.3, 0.4) is 0 Å². The number of hydrogen-bond donors (Lipinski definition) is 1. The maximum absolute atomic E-state index is 13.4. The van der Waals surface area contributed by atoms with Crippen molar-refractivity contribution in [3.63, 3.8) is 0 Å². The van der Waals surface area contributed by atoms with Crippen LogP contribution in [-0.2, 0) is 16.6 Å². The number of hydrogen-bond acceptors (Lipinski definition) is 7. The Kier molecular flexibility index (Phi) is 6.65. The average molecular weight is 524 g/mol. The van der Waals surface area contributed by atoms with Gasteiger partial charge in [-0.15, -0.1) is 0 Å². The smallest absolute Gasteiger partial charge is 0.257 e. The minimum Gasteiger partial charge on any atom is -0.486 e. The number of benzene rings is 3. The van der Waals surface area contributed by atoms with Crippen LogP contribution in [0.2, 0.25) is 0 Å². The molecule has 0 bridgehead atoms. The predicted molar refractivity (Wildman–Crippen MR) is 139 cm³/mol. The topological polar surface area (TPSA) is 97.8 Å². The molecule has 0 saturated heterocycles. The van der Waals surface area contributed by atoms with Gasteiger partial charge in [0.25, 0.3) is 5.91 Å². The van der Waals surface area contributed by atoms with Crippen LogP contribution in [0.4, 0.5) is 5.13 Å². The van der Waals surface area contributed by atoms with Crippen LogP contribution in [0.1, 0.15) is 29.8 Å². The predicted octanol–water partition coefficient (Wildman–Crippen LogP) is 4.92. The second-order valence-corrected chi connectivity index (χ2v) is 11.5. The first kappa shape index (κ1) is 24.2. The molecule has 1 aromatic heterocycles. The lowest BCUT2D eigenvalue weighted by atomic mass is 10.2. The van der Waals surface area contributed by atoms with Crippen LogP contribution in [0, 0.1) is 0 Å². The quantitative estimate of drug-likeness (QED) is 0.369. The molecule has 8 nitrogen and oxygen atoms in total. The summed E-state index contributed by atoms with van der Waals surface area (Å²) < 4.78 is 40.2. The van der Waals surface area contributed by atoms with Gasteiger partial charge in [0, 0.05) is 30.3 Å². The number of carbonyl (C=O) groups is 1. The second-order valence-electron chi connectivity index (χ2n) is 8.59. The van der Waals surface area contributed by atoms with E-state index in [0.29, 0.717) is 40.9 Å². The molecule has 186 valence electrons. The minimum absolute atomic E-state index is 0.134. The van der Waals surface area contributed by atoms with E-state index < -0.39 is 10.0 Å². The van der Waals surface area contributed by atoms with Crippen LogP contribution >= 0.6 is 11.3 Å². The largest absolute Gasteiger partial charge is 0.486 e. The molecule has 0 radical (unpaired) electrons. The molecule has 0 atom stereocenters. The van der Waals surface area contributed by atoms with Crippen LogP contribution in [0.5, 0.6) is 11.5 Å². The number of anilines is 1. The van der Waals surface area contributed by atoms with Crippen LogP contribution in [-0.4, -0.2) is 42.9 Å². The fourth-order valence-electron chi connectivity index (χ4n) is 3.91. The lowest BCUT2D eigenvalue weighted by Gasteiger charge is -2.26. The summed E-state index contributed by atoms with van der Waals surface area (Å²) in [5.41, 5.74) is 1.94. The van der Waals surface area contributed by atoms with Crippen molar-refractivity contribution in [3.8, 4) is 11.5 Å². The number of aromatic nitrogens is 1. The number of sulfonamides is 1. The monoisotopic (exact) mass is 523 g/mol. The lowest BCUT2D eigenvalue weighted by molar-refractivity contribution is 0.102. The Hall–Kier alpha value is -3.47. The summed E-state index contributed by atoms with van der Waals surface area (Å²) in [4.78, 5) is 17.4. The van der Waals surface area contributed by atoms with Gasteiger partial charge >= 0.3 is 0 Å². The Balaban J connectivity index is 1.32. The molecule has 1 amide bonds. The van der Waals surface area contributed by atoms with Gasteiger partial charge in [0.1, 0.15) is 13.2 Å². The van der Waals surface area contributed by atoms with Crippen molar-refractivity contribution >= 4 is 42.6 Å². The zero-order valence-corrected chi connectivity index (χ0v) is 21.4. The van der Waals surface area contributed by atoms with Gasteiger partial charge in [-0.25, -0.2) is 13.4 Å². The minimum atomic E-state index is -3.76. The first-order valence-corrected chi connectivity index (χ1v) is 13.7.